The molecule has 0 unspecified atom stereocenters. The molecule has 1 aromatic heterocycles. The summed E-state index contributed by atoms with van der Waals surface area (Å²) in [7, 11) is 4.56. The van der Waals surface area contributed by atoms with Gasteiger partial charge in [0.15, 0.2) is 16.7 Å². The number of carbonyl (C=O) groups is 1. The standard InChI is InChI=1S/C28H30N6O6S/c1-37-22-15-19(16-23(38-2)26(22)39-3)14-21-27(36)34(20-10-6-4-7-11-20)28(29-21)41-18-24(35)30-25-17-33(31-40-25)32-12-8-5-9-13-32/h4,6-7,10-11,14-17H,5,8-9,12-13,18H2,1-3H3/b21-14+. The molecule has 2 aliphatic heterocycles. The number of methoxy groups -OCH3 is 3. The molecule has 1 amide bonds. The van der Waals surface area contributed by atoms with Crippen LogP contribution in [0.25, 0.3) is 6.08 Å². The molecule has 3 aromatic rings. The van der Waals surface area contributed by atoms with Crippen LogP contribution >= 0.6 is 11.8 Å². The van der Waals surface area contributed by atoms with E-state index in [2.05, 4.69) is 15.3 Å². The summed E-state index contributed by atoms with van der Waals surface area (Å²) >= 11 is 1.11. The van der Waals surface area contributed by atoms with Crippen LogP contribution in [0, 0.1) is 0 Å². The maximum atomic E-state index is 13.5. The predicted molar refractivity (Wildman–Crippen MR) is 153 cm³/mol. The second-order valence-corrected chi connectivity index (χ2v) is 10.1. The molecule has 0 aliphatic carbocycles. The van der Waals surface area contributed by atoms with Crippen LogP contribution in [0.15, 0.2) is 68.9 Å². The van der Waals surface area contributed by atoms with Crippen molar-refractivity contribution in [3.63, 3.8) is 0 Å². The topological polar surface area (TPSA) is 129 Å². The summed E-state index contributed by atoms with van der Waals surface area (Å²) in [6.07, 6.45) is 6.58. The third kappa shape index (κ3) is 6.30. The van der Waals surface area contributed by atoms with E-state index in [9.17, 15) is 9.90 Å². The largest absolute Gasteiger partial charge is 0.861 e. The molecule has 0 saturated carbocycles. The van der Waals surface area contributed by atoms with E-state index in [-0.39, 0.29) is 23.2 Å². The van der Waals surface area contributed by atoms with Crippen LogP contribution < -0.4 is 34.0 Å². The maximum Gasteiger partial charge on any atom is 0.324 e. The number of ether oxygens (including phenoxy) is 3. The number of aliphatic imine (C=N–C) groups is 2. The molecule has 2 aromatic carbocycles. The van der Waals surface area contributed by atoms with Crippen molar-refractivity contribution in [2.24, 2.45) is 9.98 Å². The van der Waals surface area contributed by atoms with E-state index in [1.54, 1.807) is 41.3 Å². The van der Waals surface area contributed by atoms with Gasteiger partial charge in [-0.05, 0) is 61.1 Å². The van der Waals surface area contributed by atoms with Gasteiger partial charge in [0.1, 0.15) is 5.70 Å². The number of amidine groups is 1. The molecule has 2 aliphatic rings. The number of hydrogen-bond donors (Lipinski definition) is 0. The van der Waals surface area contributed by atoms with Crippen molar-refractivity contribution >= 4 is 46.4 Å². The molecule has 0 bridgehead atoms. The second kappa shape index (κ2) is 12.8. The van der Waals surface area contributed by atoms with E-state index in [0.29, 0.717) is 33.7 Å². The number of thioether (sulfide) groups is 1. The molecule has 1 saturated heterocycles. The Hall–Kier alpha value is -4.52. The van der Waals surface area contributed by atoms with Gasteiger partial charge in [0.05, 0.1) is 44.9 Å². The molecule has 0 N–H and O–H groups in total. The SMILES string of the molecule is COc1cc(/C=C2/N=C(SC/C([O-])=N\c3c[n+](N4CCCCC4)no3)N(c3ccccc3)C2=O)cc(OC)c1OC. The van der Waals surface area contributed by atoms with Crippen LogP contribution in [0.5, 0.6) is 17.2 Å². The smallest absolute Gasteiger partial charge is 0.324 e. The Morgan fingerprint density at radius 1 is 1.10 bits per heavy atom. The van der Waals surface area contributed by atoms with Crippen molar-refractivity contribution in [3.8, 4) is 17.2 Å². The Morgan fingerprint density at radius 3 is 2.46 bits per heavy atom. The summed E-state index contributed by atoms with van der Waals surface area (Å²) in [4.78, 5) is 25.2. The molecule has 5 rings (SSSR count). The van der Waals surface area contributed by atoms with Gasteiger partial charge >= 0.3 is 5.88 Å². The van der Waals surface area contributed by atoms with Crippen LogP contribution in [0.1, 0.15) is 24.8 Å². The highest BCUT2D eigenvalue weighted by molar-refractivity contribution is 8.14. The average molecular weight is 579 g/mol. The number of nitrogens with zero attached hydrogens (tertiary/aromatic N) is 6. The molecule has 0 spiro atoms. The molecule has 12 nitrogen and oxygen atoms in total. The lowest BCUT2D eigenvalue weighted by Gasteiger charge is -2.18. The number of para-hydroxylation sites is 1. The van der Waals surface area contributed by atoms with Crippen molar-refractivity contribution < 1.29 is 33.4 Å². The Kier molecular flexibility index (Phi) is 8.73. The molecule has 13 heteroatoms. The Morgan fingerprint density at radius 2 is 1.80 bits per heavy atom. The van der Waals surface area contributed by atoms with Crippen molar-refractivity contribution in [1.82, 2.24) is 5.27 Å². The van der Waals surface area contributed by atoms with E-state index in [0.717, 1.165) is 37.7 Å². The zero-order chi connectivity index (χ0) is 28.8. The van der Waals surface area contributed by atoms with Crippen molar-refractivity contribution in [2.75, 3.05) is 50.1 Å². The Balaban J connectivity index is 1.39. The van der Waals surface area contributed by atoms with Gasteiger partial charge in [-0.2, -0.15) is 5.01 Å². The number of amides is 1. The summed E-state index contributed by atoms with van der Waals surface area (Å²) in [6.45, 7) is 1.74. The molecule has 1 fully saturated rings. The van der Waals surface area contributed by atoms with E-state index in [1.165, 1.54) is 32.7 Å². The van der Waals surface area contributed by atoms with Gasteiger partial charge in [-0.1, -0.05) is 30.0 Å². The van der Waals surface area contributed by atoms with Crippen molar-refractivity contribution in [1.29, 1.82) is 0 Å². The average Bonchev–Trinajstić information content (AvgIpc) is 3.60. The third-order valence-corrected chi connectivity index (χ3v) is 7.38. The van der Waals surface area contributed by atoms with E-state index in [4.69, 9.17) is 18.7 Å². The predicted octanol–water partition coefficient (Wildman–Crippen LogP) is 2.68. The first-order valence-electron chi connectivity index (χ1n) is 13.0. The minimum absolute atomic E-state index is 0.0582. The van der Waals surface area contributed by atoms with Gasteiger partial charge in [0.25, 0.3) is 12.1 Å². The Labute approximate surface area is 241 Å². The zero-order valence-electron chi connectivity index (χ0n) is 23.0. The maximum absolute atomic E-state index is 13.5. The number of carbonyl (C=O) groups excluding carboxylic acids is 1. The number of anilines is 1. The van der Waals surface area contributed by atoms with Crippen LogP contribution in [0.2, 0.25) is 0 Å². The molecule has 214 valence electrons. The van der Waals surface area contributed by atoms with Gasteiger partial charge in [0, 0.05) is 5.75 Å². The van der Waals surface area contributed by atoms with Crippen molar-refractivity contribution in [3.05, 3.63) is 59.9 Å². The van der Waals surface area contributed by atoms with Gasteiger partial charge in [-0.25, -0.2) is 9.98 Å². The number of aromatic nitrogens is 2. The summed E-state index contributed by atoms with van der Waals surface area (Å²) in [6, 6.07) is 12.6. The minimum atomic E-state index is -0.442. The highest BCUT2D eigenvalue weighted by Crippen LogP contribution is 2.39. The Bertz CT molecular complexity index is 1460. The normalized spacial score (nSPS) is 16.8. The fourth-order valence-electron chi connectivity index (χ4n) is 4.52. The first-order chi connectivity index (χ1) is 20.0. The van der Waals surface area contributed by atoms with Crippen LogP contribution in [-0.2, 0) is 4.79 Å². The lowest BCUT2D eigenvalue weighted by atomic mass is 10.1. The molecular weight excluding hydrogens is 548 g/mol. The summed E-state index contributed by atoms with van der Waals surface area (Å²) in [5.41, 5.74) is 1.44. The quantitative estimate of drug-likeness (QED) is 0.163. The van der Waals surface area contributed by atoms with E-state index < -0.39 is 5.90 Å². The highest BCUT2D eigenvalue weighted by atomic mass is 32.2. The van der Waals surface area contributed by atoms with Crippen LogP contribution in [0.3, 0.4) is 0 Å². The number of hydrogen-bond acceptors (Lipinski definition) is 11. The highest BCUT2D eigenvalue weighted by Gasteiger charge is 2.32. The van der Waals surface area contributed by atoms with Gasteiger partial charge in [-0.15, -0.1) is 0 Å². The monoisotopic (exact) mass is 578 g/mol. The van der Waals surface area contributed by atoms with E-state index in [1.807, 2.05) is 23.2 Å². The van der Waals surface area contributed by atoms with Crippen LogP contribution in [-0.4, -0.2) is 62.4 Å². The molecule has 0 radical (unpaired) electrons. The fourth-order valence-corrected chi connectivity index (χ4v) is 5.31. The molecular formula is C28H30N6O6S. The lowest BCUT2D eigenvalue weighted by molar-refractivity contribution is -0.759. The zero-order valence-corrected chi connectivity index (χ0v) is 23.8. The molecule has 41 heavy (non-hydrogen) atoms. The lowest BCUT2D eigenvalue weighted by Crippen LogP contribution is -2.60. The van der Waals surface area contributed by atoms with Gasteiger partial charge < -0.3 is 19.3 Å². The molecule has 3 heterocycles. The molecule has 0 atom stereocenters. The number of benzene rings is 2. The third-order valence-electron chi connectivity index (χ3n) is 6.46. The summed E-state index contributed by atoms with van der Waals surface area (Å²) in [5.74, 6) is 0.617. The summed E-state index contributed by atoms with van der Waals surface area (Å²) < 4.78 is 21.5. The minimum Gasteiger partial charge on any atom is -0.861 e. The first kappa shape index (κ1) is 28.0. The van der Waals surface area contributed by atoms with E-state index >= 15 is 0 Å². The fraction of sp³-hybridized carbons (Fsp3) is 0.321. The first-order valence-corrected chi connectivity index (χ1v) is 14.0. The second-order valence-electron chi connectivity index (χ2n) is 9.13. The van der Waals surface area contributed by atoms with Crippen LogP contribution in [0.4, 0.5) is 11.6 Å². The number of piperidine rings is 1. The van der Waals surface area contributed by atoms with Gasteiger partial charge in [-0.3, -0.25) is 14.2 Å². The number of rotatable bonds is 9. The summed E-state index contributed by atoms with van der Waals surface area (Å²) in [5, 5.41) is 19.1. The van der Waals surface area contributed by atoms with Gasteiger partial charge in [0.2, 0.25) is 11.0 Å². The van der Waals surface area contributed by atoms with Crippen molar-refractivity contribution in [2.45, 2.75) is 19.3 Å².